The highest BCUT2D eigenvalue weighted by Crippen LogP contribution is 2.12. The van der Waals surface area contributed by atoms with Crippen molar-refractivity contribution in [2.24, 2.45) is 0 Å². The van der Waals surface area contributed by atoms with Crippen LogP contribution in [0.25, 0.3) is 0 Å². The molecule has 2 nitrogen and oxygen atoms in total. The molecule has 0 rings (SSSR count). The van der Waals surface area contributed by atoms with E-state index in [4.69, 9.17) is 4.74 Å². The van der Waals surface area contributed by atoms with Crippen LogP contribution in [0.4, 0.5) is 13.2 Å². The Morgan fingerprint density at radius 3 is 2.15 bits per heavy atom. The van der Waals surface area contributed by atoms with Crippen molar-refractivity contribution >= 4 is 0 Å². The average Bonchev–Trinajstić information content (AvgIpc) is 1.81. The van der Waals surface area contributed by atoms with E-state index in [0.29, 0.717) is 0 Å². The second-order valence-electron chi connectivity index (χ2n) is 3.24. The third kappa shape index (κ3) is 9.63. The minimum atomic E-state index is -4.14. The van der Waals surface area contributed by atoms with E-state index in [1.165, 1.54) is 0 Å². The molecule has 5 heteroatoms. The summed E-state index contributed by atoms with van der Waals surface area (Å²) in [5.41, 5.74) is 0. The molecule has 0 heterocycles. The van der Waals surface area contributed by atoms with Gasteiger partial charge in [0, 0.05) is 6.54 Å². The topological polar surface area (TPSA) is 21.3 Å². The summed E-state index contributed by atoms with van der Waals surface area (Å²) < 4.78 is 40.2. The smallest absolute Gasteiger partial charge is 0.375 e. The fraction of sp³-hybridized carbons (Fsp3) is 1.00. The molecule has 0 aliphatic heterocycles. The minimum Gasteiger partial charge on any atom is -0.375 e. The van der Waals surface area contributed by atoms with E-state index in [-0.39, 0.29) is 18.8 Å². The van der Waals surface area contributed by atoms with Crippen LogP contribution in [-0.2, 0) is 4.74 Å². The molecular weight excluding hydrogens is 183 g/mol. The third-order valence-electron chi connectivity index (χ3n) is 1.26. The molecule has 1 unspecified atom stereocenters. The first-order valence-corrected chi connectivity index (χ1v) is 4.24. The lowest BCUT2D eigenvalue weighted by Crippen LogP contribution is -2.35. The van der Waals surface area contributed by atoms with Crippen molar-refractivity contribution in [1.29, 1.82) is 0 Å². The summed E-state index contributed by atoms with van der Waals surface area (Å²) in [4.78, 5) is 0. The van der Waals surface area contributed by atoms with Gasteiger partial charge in [-0.15, -0.1) is 0 Å². The highest BCUT2D eigenvalue weighted by molar-refractivity contribution is 4.60. The largest absolute Gasteiger partial charge is 0.401 e. The number of ether oxygens (including phenoxy) is 1. The van der Waals surface area contributed by atoms with Gasteiger partial charge in [-0.3, -0.25) is 0 Å². The lowest BCUT2D eigenvalue weighted by Gasteiger charge is -2.17. The number of nitrogens with one attached hydrogen (secondary N) is 1. The molecule has 0 saturated carbocycles. The highest BCUT2D eigenvalue weighted by atomic mass is 19.4. The molecule has 0 bridgehead atoms. The van der Waals surface area contributed by atoms with Crippen LogP contribution in [0.5, 0.6) is 0 Å². The van der Waals surface area contributed by atoms with Crippen molar-refractivity contribution in [1.82, 2.24) is 5.32 Å². The zero-order chi connectivity index (χ0) is 10.5. The Bertz CT molecular complexity index is 136. The van der Waals surface area contributed by atoms with E-state index in [1.807, 2.05) is 13.8 Å². The first kappa shape index (κ1) is 12.7. The Kier molecular flexibility index (Phi) is 5.32. The van der Waals surface area contributed by atoms with E-state index < -0.39 is 12.7 Å². The lowest BCUT2D eigenvalue weighted by molar-refractivity contribution is -0.126. The van der Waals surface area contributed by atoms with Crippen molar-refractivity contribution in [3.63, 3.8) is 0 Å². The zero-order valence-electron chi connectivity index (χ0n) is 8.11. The van der Waals surface area contributed by atoms with E-state index in [1.54, 1.807) is 6.92 Å². The molecule has 0 aromatic rings. The Morgan fingerprint density at radius 2 is 1.77 bits per heavy atom. The summed E-state index contributed by atoms with van der Waals surface area (Å²) in [6.07, 6.45) is -4.29. The molecule has 0 amide bonds. The van der Waals surface area contributed by atoms with Gasteiger partial charge in [0.05, 0.1) is 18.8 Å². The van der Waals surface area contributed by atoms with Crippen molar-refractivity contribution in [2.75, 3.05) is 13.1 Å². The lowest BCUT2D eigenvalue weighted by atomic mass is 10.3. The molecule has 0 aromatic heterocycles. The second-order valence-corrected chi connectivity index (χ2v) is 3.24. The molecule has 0 saturated heterocycles. The van der Waals surface area contributed by atoms with Gasteiger partial charge in [-0.25, -0.2) is 0 Å². The zero-order valence-corrected chi connectivity index (χ0v) is 8.11. The molecule has 0 aliphatic rings. The van der Waals surface area contributed by atoms with E-state index in [2.05, 4.69) is 5.32 Å². The van der Waals surface area contributed by atoms with Gasteiger partial charge in [0.25, 0.3) is 0 Å². The maximum atomic E-state index is 11.7. The van der Waals surface area contributed by atoms with Crippen molar-refractivity contribution in [3.8, 4) is 0 Å². The highest BCUT2D eigenvalue weighted by Gasteiger charge is 2.26. The van der Waals surface area contributed by atoms with E-state index in [0.717, 1.165) is 0 Å². The maximum Gasteiger partial charge on any atom is 0.401 e. The predicted molar refractivity (Wildman–Crippen MR) is 44.6 cm³/mol. The number of hydrogen-bond acceptors (Lipinski definition) is 2. The van der Waals surface area contributed by atoms with Crippen LogP contribution in [0, 0.1) is 0 Å². The van der Waals surface area contributed by atoms with Crippen LogP contribution in [0.1, 0.15) is 20.8 Å². The maximum absolute atomic E-state index is 11.7. The van der Waals surface area contributed by atoms with Crippen LogP contribution in [0.3, 0.4) is 0 Å². The van der Waals surface area contributed by atoms with E-state index >= 15 is 0 Å². The van der Waals surface area contributed by atoms with Crippen molar-refractivity contribution in [2.45, 2.75) is 39.2 Å². The first-order valence-electron chi connectivity index (χ1n) is 4.24. The van der Waals surface area contributed by atoms with Gasteiger partial charge in [0.1, 0.15) is 0 Å². The SMILES string of the molecule is CC(C)OC(C)CNCC(F)(F)F. The number of alkyl halides is 3. The first-order chi connectivity index (χ1) is 5.81. The second kappa shape index (κ2) is 5.44. The van der Waals surface area contributed by atoms with Gasteiger partial charge in [-0.2, -0.15) is 13.2 Å². The Morgan fingerprint density at radius 1 is 1.23 bits per heavy atom. The fourth-order valence-corrected chi connectivity index (χ4v) is 0.930. The standard InChI is InChI=1S/C8H16F3NO/c1-6(2)13-7(3)4-12-5-8(9,10)11/h6-7,12H,4-5H2,1-3H3. The molecule has 80 valence electrons. The van der Waals surface area contributed by atoms with Crippen LogP contribution in [-0.4, -0.2) is 31.5 Å². The molecule has 0 spiro atoms. The summed E-state index contributed by atoms with van der Waals surface area (Å²) in [6.45, 7) is 4.69. The molecular formula is C8H16F3NO. The van der Waals surface area contributed by atoms with Gasteiger partial charge in [0.2, 0.25) is 0 Å². The number of rotatable bonds is 5. The molecule has 0 aliphatic carbocycles. The molecule has 0 radical (unpaired) electrons. The van der Waals surface area contributed by atoms with Gasteiger partial charge in [0.15, 0.2) is 0 Å². The van der Waals surface area contributed by atoms with Gasteiger partial charge >= 0.3 is 6.18 Å². The quantitative estimate of drug-likeness (QED) is 0.730. The average molecular weight is 199 g/mol. The van der Waals surface area contributed by atoms with E-state index in [9.17, 15) is 13.2 Å². The summed E-state index contributed by atoms with van der Waals surface area (Å²) in [6, 6.07) is 0. The van der Waals surface area contributed by atoms with Gasteiger partial charge in [-0.1, -0.05) is 0 Å². The minimum absolute atomic E-state index is 0.0442. The Balaban J connectivity index is 3.42. The normalized spacial score (nSPS) is 15.0. The van der Waals surface area contributed by atoms with Gasteiger partial charge < -0.3 is 10.1 Å². The monoisotopic (exact) mass is 199 g/mol. The Hall–Kier alpha value is -0.290. The van der Waals surface area contributed by atoms with Gasteiger partial charge in [-0.05, 0) is 20.8 Å². The summed E-state index contributed by atoms with van der Waals surface area (Å²) in [7, 11) is 0. The molecule has 0 fully saturated rings. The number of hydrogen-bond donors (Lipinski definition) is 1. The van der Waals surface area contributed by atoms with Crippen molar-refractivity contribution in [3.05, 3.63) is 0 Å². The molecule has 13 heavy (non-hydrogen) atoms. The van der Waals surface area contributed by atoms with Crippen LogP contribution in [0.2, 0.25) is 0 Å². The number of halogens is 3. The van der Waals surface area contributed by atoms with Crippen LogP contribution >= 0.6 is 0 Å². The third-order valence-corrected chi connectivity index (χ3v) is 1.26. The Labute approximate surface area is 76.5 Å². The fourth-order valence-electron chi connectivity index (χ4n) is 0.930. The molecule has 1 atom stereocenters. The summed E-state index contributed by atoms with van der Waals surface area (Å²) in [5.74, 6) is 0. The predicted octanol–water partition coefficient (Wildman–Crippen LogP) is 1.95. The molecule has 0 aromatic carbocycles. The molecule has 1 N–H and O–H groups in total. The van der Waals surface area contributed by atoms with Crippen LogP contribution < -0.4 is 5.32 Å². The summed E-state index contributed by atoms with van der Waals surface area (Å²) in [5, 5.41) is 2.28. The van der Waals surface area contributed by atoms with Crippen LogP contribution in [0.15, 0.2) is 0 Å². The summed E-state index contributed by atoms with van der Waals surface area (Å²) >= 11 is 0. The van der Waals surface area contributed by atoms with Crippen molar-refractivity contribution < 1.29 is 17.9 Å².